The van der Waals surface area contributed by atoms with Gasteiger partial charge >= 0.3 is 0 Å². The summed E-state index contributed by atoms with van der Waals surface area (Å²) in [5, 5.41) is 3.26. The van der Waals surface area contributed by atoms with Gasteiger partial charge in [0.05, 0.1) is 12.5 Å². The zero-order chi connectivity index (χ0) is 16.7. The van der Waals surface area contributed by atoms with Crippen molar-refractivity contribution >= 4 is 17.5 Å². The van der Waals surface area contributed by atoms with Crippen molar-refractivity contribution in [3.8, 4) is 5.75 Å². The Morgan fingerprint density at radius 2 is 2.04 bits per heavy atom. The van der Waals surface area contributed by atoms with Crippen LogP contribution >= 0.6 is 0 Å². The quantitative estimate of drug-likeness (QED) is 0.840. The second kappa shape index (κ2) is 6.02. The molecule has 2 fully saturated rings. The zero-order valence-electron chi connectivity index (χ0n) is 13.4. The van der Waals surface area contributed by atoms with E-state index in [-0.39, 0.29) is 30.0 Å². The molecule has 1 saturated carbocycles. The van der Waals surface area contributed by atoms with E-state index >= 15 is 0 Å². The molecule has 2 atom stereocenters. The van der Waals surface area contributed by atoms with Gasteiger partial charge in [-0.25, -0.2) is 0 Å². The highest BCUT2D eigenvalue weighted by Crippen LogP contribution is 2.31. The number of amides is 1. The van der Waals surface area contributed by atoms with Crippen molar-refractivity contribution < 1.29 is 19.1 Å². The number of rotatable bonds is 3. The molecule has 3 aliphatic rings. The first-order valence-electron chi connectivity index (χ1n) is 8.47. The number of hydrogen-bond acceptors (Lipinski definition) is 5. The van der Waals surface area contributed by atoms with Gasteiger partial charge in [0.1, 0.15) is 17.6 Å². The van der Waals surface area contributed by atoms with Crippen molar-refractivity contribution in [3.05, 3.63) is 29.3 Å². The molecule has 0 unspecified atom stereocenters. The third kappa shape index (κ3) is 2.71. The van der Waals surface area contributed by atoms with Crippen molar-refractivity contribution in [1.29, 1.82) is 0 Å². The van der Waals surface area contributed by atoms with Gasteiger partial charge in [-0.3, -0.25) is 14.4 Å². The fraction of sp³-hybridized carbons (Fsp3) is 0.500. The van der Waals surface area contributed by atoms with Gasteiger partial charge < -0.3 is 15.0 Å². The molecule has 1 aromatic rings. The van der Waals surface area contributed by atoms with Gasteiger partial charge in [-0.05, 0) is 43.1 Å². The van der Waals surface area contributed by atoms with Crippen molar-refractivity contribution in [3.63, 3.8) is 0 Å². The summed E-state index contributed by atoms with van der Waals surface area (Å²) < 4.78 is 5.95. The molecule has 6 heteroatoms. The number of fused-ring (bicyclic) bond motifs is 1. The minimum absolute atomic E-state index is 0.0266. The molecule has 0 bridgehead atoms. The van der Waals surface area contributed by atoms with Gasteiger partial charge in [0, 0.05) is 25.1 Å². The molecule has 2 heterocycles. The molecule has 126 valence electrons. The Balaban J connectivity index is 1.51. The molecule has 1 aromatic carbocycles. The molecule has 1 saturated heterocycles. The lowest BCUT2D eigenvalue weighted by molar-refractivity contribution is -0.133. The number of ether oxygens (including phenoxy) is 1. The summed E-state index contributed by atoms with van der Waals surface area (Å²) in [5.41, 5.74) is 1.53. The Morgan fingerprint density at radius 1 is 1.17 bits per heavy atom. The molecule has 1 N–H and O–H groups in total. The van der Waals surface area contributed by atoms with E-state index in [1.807, 2.05) is 12.1 Å². The number of carbonyl (C=O) groups excluding carboxylic acids is 3. The first kappa shape index (κ1) is 15.3. The summed E-state index contributed by atoms with van der Waals surface area (Å²) in [7, 11) is 0. The second-order valence-electron chi connectivity index (χ2n) is 6.72. The number of hydrogen-bond donors (Lipinski definition) is 1. The van der Waals surface area contributed by atoms with Gasteiger partial charge in [0.25, 0.3) is 5.91 Å². The van der Waals surface area contributed by atoms with Crippen LogP contribution in [0.2, 0.25) is 0 Å². The molecule has 0 spiro atoms. The number of benzene rings is 1. The van der Waals surface area contributed by atoms with E-state index in [0.717, 1.165) is 30.8 Å². The van der Waals surface area contributed by atoms with Crippen molar-refractivity contribution in [2.45, 2.75) is 44.4 Å². The van der Waals surface area contributed by atoms with Crippen LogP contribution in [-0.4, -0.2) is 47.6 Å². The summed E-state index contributed by atoms with van der Waals surface area (Å²) in [4.78, 5) is 37.8. The number of ketones is 2. The van der Waals surface area contributed by atoms with Crippen LogP contribution in [0.5, 0.6) is 5.75 Å². The average Bonchev–Trinajstić information content (AvgIpc) is 3.16. The lowest BCUT2D eigenvalue weighted by Gasteiger charge is -2.29. The first-order valence-corrected chi connectivity index (χ1v) is 8.47. The van der Waals surface area contributed by atoms with E-state index in [1.54, 1.807) is 11.0 Å². The van der Waals surface area contributed by atoms with Crippen LogP contribution in [0, 0.1) is 0 Å². The van der Waals surface area contributed by atoms with Crippen LogP contribution < -0.4 is 10.1 Å². The molecular formula is C18H20N2O4. The highest BCUT2D eigenvalue weighted by Gasteiger charge is 2.39. The lowest BCUT2D eigenvalue weighted by atomic mass is 9.92. The molecular weight excluding hydrogens is 308 g/mol. The van der Waals surface area contributed by atoms with Gasteiger partial charge in [-0.2, -0.15) is 0 Å². The van der Waals surface area contributed by atoms with Crippen LogP contribution in [0.15, 0.2) is 18.2 Å². The maximum absolute atomic E-state index is 12.6. The average molecular weight is 328 g/mol. The summed E-state index contributed by atoms with van der Waals surface area (Å²) >= 11 is 0. The molecule has 2 aliphatic heterocycles. The van der Waals surface area contributed by atoms with Gasteiger partial charge in [0.2, 0.25) is 0 Å². The van der Waals surface area contributed by atoms with Gasteiger partial charge in [-0.1, -0.05) is 0 Å². The second-order valence-corrected chi connectivity index (χ2v) is 6.72. The number of nitrogens with one attached hydrogen (secondary N) is 1. The van der Waals surface area contributed by atoms with Crippen LogP contribution in [0.4, 0.5) is 0 Å². The van der Waals surface area contributed by atoms with Crippen LogP contribution in [-0.2, 0) is 16.1 Å². The largest absolute Gasteiger partial charge is 0.489 e. The monoisotopic (exact) mass is 328 g/mol. The topological polar surface area (TPSA) is 75.7 Å². The Morgan fingerprint density at radius 3 is 2.79 bits per heavy atom. The highest BCUT2D eigenvalue weighted by atomic mass is 16.5. The summed E-state index contributed by atoms with van der Waals surface area (Å²) in [6.45, 7) is 2.22. The first-order chi connectivity index (χ1) is 11.6. The Bertz CT molecular complexity index is 709. The third-order valence-corrected chi connectivity index (χ3v) is 5.04. The molecule has 6 nitrogen and oxygen atoms in total. The van der Waals surface area contributed by atoms with E-state index in [1.165, 1.54) is 0 Å². The normalized spacial score (nSPS) is 26.8. The van der Waals surface area contributed by atoms with E-state index in [2.05, 4.69) is 5.32 Å². The van der Waals surface area contributed by atoms with Crippen molar-refractivity contribution in [1.82, 2.24) is 10.2 Å². The minimum atomic E-state index is -0.467. The number of Topliss-reactive ketones (excluding diaryl/α,β-unsaturated/α-hetero) is 2. The lowest BCUT2D eigenvalue weighted by Crippen LogP contribution is -2.44. The molecule has 0 radical (unpaired) electrons. The van der Waals surface area contributed by atoms with Crippen LogP contribution in [0.3, 0.4) is 0 Å². The summed E-state index contributed by atoms with van der Waals surface area (Å²) in [6.07, 6.45) is 1.91. The predicted molar refractivity (Wildman–Crippen MR) is 85.9 cm³/mol. The maximum Gasteiger partial charge on any atom is 0.255 e. The van der Waals surface area contributed by atoms with Crippen molar-refractivity contribution in [2.24, 2.45) is 0 Å². The summed E-state index contributed by atoms with van der Waals surface area (Å²) in [5.74, 6) is 0.483. The maximum atomic E-state index is 12.6. The van der Waals surface area contributed by atoms with Gasteiger partial charge in [0.15, 0.2) is 5.78 Å². The fourth-order valence-corrected chi connectivity index (χ4v) is 3.75. The third-order valence-electron chi connectivity index (χ3n) is 5.04. The molecule has 1 amide bonds. The van der Waals surface area contributed by atoms with E-state index < -0.39 is 6.04 Å². The van der Waals surface area contributed by atoms with Gasteiger partial charge in [-0.15, -0.1) is 0 Å². The zero-order valence-corrected chi connectivity index (χ0v) is 13.4. The Kier molecular flexibility index (Phi) is 3.84. The summed E-state index contributed by atoms with van der Waals surface area (Å²) in [6, 6.07) is 5.05. The number of nitrogens with zero attached hydrogens (tertiary/aromatic N) is 1. The van der Waals surface area contributed by atoms with Crippen LogP contribution in [0.1, 0.15) is 41.6 Å². The van der Waals surface area contributed by atoms with Crippen molar-refractivity contribution in [2.75, 3.05) is 13.1 Å². The van der Waals surface area contributed by atoms with E-state index in [9.17, 15) is 14.4 Å². The Labute approximate surface area is 140 Å². The highest BCUT2D eigenvalue weighted by molar-refractivity contribution is 6.07. The molecule has 1 aliphatic carbocycles. The molecule has 24 heavy (non-hydrogen) atoms. The molecule has 0 aromatic heterocycles. The SMILES string of the molecule is O=C1CC[C@H](N2Cc3cc(O[C@H]4CCNC4)ccc3C2=O)C(=O)C1. The van der Waals surface area contributed by atoms with Crippen LogP contribution in [0.25, 0.3) is 0 Å². The predicted octanol–water partition coefficient (Wildman–Crippen LogP) is 1.07. The fourth-order valence-electron chi connectivity index (χ4n) is 3.75. The van der Waals surface area contributed by atoms with E-state index in [4.69, 9.17) is 4.74 Å². The minimum Gasteiger partial charge on any atom is -0.489 e. The van der Waals surface area contributed by atoms with E-state index in [0.29, 0.717) is 24.9 Å². The number of carbonyl (C=O) groups is 3. The Hall–Kier alpha value is -2.21. The molecule has 4 rings (SSSR count). The standard InChI is InChI=1S/C18H20N2O4/c21-12-1-4-16(17(22)8-12)20-10-11-7-13(2-3-15(11)18(20)23)24-14-5-6-19-9-14/h2-3,7,14,16,19H,1,4-6,8-10H2/t14-,16-/m0/s1. The smallest absolute Gasteiger partial charge is 0.255 e.